The van der Waals surface area contributed by atoms with Crippen molar-refractivity contribution >= 4 is 45.0 Å². The molecule has 1 aliphatic heterocycles. The van der Waals surface area contributed by atoms with Gasteiger partial charge in [0.15, 0.2) is 6.10 Å². The standard InChI is InChI=1S/C21H22N4O6S/c1-13(21(28)24-16-9-7-15(8-10-16)23-14(2)26)31-19(27)11-12-22-20-17-5-3-4-6-18(17)32(29,30)25-20/h3-10,13H,11-12H2,1-2H3,(H,22,25)(H,23,26)(H,24,28)/t13-/m1/s1. The van der Waals surface area contributed by atoms with E-state index in [4.69, 9.17) is 4.74 Å². The van der Waals surface area contributed by atoms with Crippen LogP contribution in [0.15, 0.2) is 58.4 Å². The molecule has 0 saturated carbocycles. The molecule has 1 heterocycles. The van der Waals surface area contributed by atoms with Gasteiger partial charge in [-0.15, -0.1) is 0 Å². The summed E-state index contributed by atoms with van der Waals surface area (Å²) in [4.78, 5) is 39.6. The average Bonchev–Trinajstić information content (AvgIpc) is 2.99. The van der Waals surface area contributed by atoms with Gasteiger partial charge in [0.25, 0.3) is 15.9 Å². The Kier molecular flexibility index (Phi) is 6.89. The number of rotatable bonds is 7. The molecule has 0 bridgehead atoms. The fourth-order valence-corrected chi connectivity index (χ4v) is 4.15. The molecule has 3 rings (SSSR count). The van der Waals surface area contributed by atoms with Crippen LogP contribution in [0.1, 0.15) is 25.8 Å². The van der Waals surface area contributed by atoms with Crippen molar-refractivity contribution in [2.75, 3.05) is 17.2 Å². The lowest BCUT2D eigenvalue weighted by molar-refractivity contribution is -0.152. The highest BCUT2D eigenvalue weighted by Crippen LogP contribution is 2.22. The Labute approximate surface area is 185 Å². The Hall–Kier alpha value is -3.73. The molecule has 10 nitrogen and oxygen atoms in total. The Balaban J connectivity index is 1.49. The molecule has 32 heavy (non-hydrogen) atoms. The predicted octanol–water partition coefficient (Wildman–Crippen LogP) is 1.64. The maximum absolute atomic E-state index is 12.2. The fourth-order valence-electron chi connectivity index (χ4n) is 2.90. The third-order valence-electron chi connectivity index (χ3n) is 4.40. The number of benzene rings is 2. The molecule has 2 amide bonds. The van der Waals surface area contributed by atoms with E-state index >= 15 is 0 Å². The molecular formula is C21H22N4O6S. The van der Waals surface area contributed by atoms with Gasteiger partial charge in [-0.25, -0.2) is 8.42 Å². The second kappa shape index (κ2) is 9.60. The number of fused-ring (bicyclic) bond motifs is 1. The van der Waals surface area contributed by atoms with Crippen molar-refractivity contribution in [2.24, 2.45) is 4.99 Å². The van der Waals surface area contributed by atoms with E-state index in [0.717, 1.165) is 0 Å². The molecule has 168 valence electrons. The summed E-state index contributed by atoms with van der Waals surface area (Å²) >= 11 is 0. The lowest BCUT2D eigenvalue weighted by Gasteiger charge is -2.13. The Bertz CT molecular complexity index is 1180. The monoisotopic (exact) mass is 458 g/mol. The normalized spacial score (nSPS) is 15.9. The number of carbonyl (C=O) groups excluding carboxylic acids is 3. The minimum atomic E-state index is -3.64. The Morgan fingerprint density at radius 2 is 1.66 bits per heavy atom. The number of hydrogen-bond acceptors (Lipinski definition) is 7. The molecular weight excluding hydrogens is 436 g/mol. The van der Waals surface area contributed by atoms with Gasteiger partial charge in [0.1, 0.15) is 5.84 Å². The number of hydrogen-bond donors (Lipinski definition) is 3. The molecule has 11 heteroatoms. The molecule has 0 spiro atoms. The molecule has 1 atom stereocenters. The molecule has 0 aromatic heterocycles. The largest absolute Gasteiger partial charge is 0.452 e. The summed E-state index contributed by atoms with van der Waals surface area (Å²) < 4.78 is 31.6. The highest BCUT2D eigenvalue weighted by molar-refractivity contribution is 7.90. The summed E-state index contributed by atoms with van der Waals surface area (Å²) in [5.41, 5.74) is 1.51. The van der Waals surface area contributed by atoms with E-state index in [0.29, 0.717) is 16.9 Å². The first-order chi connectivity index (χ1) is 15.2. The number of amides is 2. The lowest BCUT2D eigenvalue weighted by atomic mass is 10.2. The van der Waals surface area contributed by atoms with Gasteiger partial charge < -0.3 is 15.4 Å². The van der Waals surface area contributed by atoms with Crippen LogP contribution < -0.4 is 15.4 Å². The quantitative estimate of drug-likeness (QED) is 0.538. The van der Waals surface area contributed by atoms with Crippen LogP contribution in [0.5, 0.6) is 0 Å². The number of nitrogens with one attached hydrogen (secondary N) is 3. The highest BCUT2D eigenvalue weighted by atomic mass is 32.2. The number of nitrogens with zero attached hydrogens (tertiary/aromatic N) is 1. The van der Waals surface area contributed by atoms with Crippen LogP contribution in [-0.2, 0) is 29.1 Å². The predicted molar refractivity (Wildman–Crippen MR) is 118 cm³/mol. The zero-order valence-corrected chi connectivity index (χ0v) is 18.2. The van der Waals surface area contributed by atoms with Gasteiger partial charge in [-0.2, -0.15) is 0 Å². The zero-order valence-electron chi connectivity index (χ0n) is 17.4. The van der Waals surface area contributed by atoms with Crippen LogP contribution in [0.2, 0.25) is 0 Å². The van der Waals surface area contributed by atoms with Crippen molar-refractivity contribution in [3.05, 3.63) is 54.1 Å². The number of carbonyl (C=O) groups is 3. The fraction of sp³-hybridized carbons (Fsp3) is 0.238. The highest BCUT2D eigenvalue weighted by Gasteiger charge is 2.30. The van der Waals surface area contributed by atoms with E-state index in [1.54, 1.807) is 42.5 Å². The number of anilines is 2. The first-order valence-corrected chi connectivity index (χ1v) is 11.2. The topological polar surface area (TPSA) is 143 Å². The van der Waals surface area contributed by atoms with Gasteiger partial charge >= 0.3 is 5.97 Å². The van der Waals surface area contributed by atoms with Crippen LogP contribution in [0.3, 0.4) is 0 Å². The van der Waals surface area contributed by atoms with E-state index < -0.39 is 28.0 Å². The molecule has 0 saturated heterocycles. The zero-order chi connectivity index (χ0) is 23.3. The summed E-state index contributed by atoms with van der Waals surface area (Å²) in [7, 11) is -3.64. The van der Waals surface area contributed by atoms with Crippen molar-refractivity contribution in [1.29, 1.82) is 0 Å². The third kappa shape index (κ3) is 5.70. The maximum atomic E-state index is 12.2. The number of ether oxygens (including phenoxy) is 1. The van der Waals surface area contributed by atoms with Crippen molar-refractivity contribution in [3.63, 3.8) is 0 Å². The number of aliphatic imine (C=N–C) groups is 1. The van der Waals surface area contributed by atoms with E-state index in [1.165, 1.54) is 19.9 Å². The minimum absolute atomic E-state index is 0.00995. The Morgan fingerprint density at radius 3 is 2.31 bits per heavy atom. The molecule has 1 aliphatic rings. The third-order valence-corrected chi connectivity index (χ3v) is 5.80. The first-order valence-electron chi connectivity index (χ1n) is 9.70. The second-order valence-corrected chi connectivity index (χ2v) is 8.61. The van der Waals surface area contributed by atoms with E-state index in [1.807, 2.05) is 0 Å². The van der Waals surface area contributed by atoms with E-state index in [-0.39, 0.29) is 29.6 Å². The molecule has 3 N–H and O–H groups in total. The average molecular weight is 458 g/mol. The number of sulfonamides is 1. The number of amidine groups is 1. The molecule has 0 fully saturated rings. The molecule has 2 aromatic carbocycles. The van der Waals surface area contributed by atoms with Crippen LogP contribution in [-0.4, -0.2) is 44.7 Å². The van der Waals surface area contributed by atoms with Gasteiger partial charge in [0, 0.05) is 23.9 Å². The summed E-state index contributed by atoms with van der Waals surface area (Å²) in [5.74, 6) is -1.20. The van der Waals surface area contributed by atoms with Gasteiger partial charge in [0.05, 0.1) is 17.9 Å². The summed E-state index contributed by atoms with van der Waals surface area (Å²) in [5, 5.41) is 5.23. The van der Waals surface area contributed by atoms with Crippen molar-refractivity contribution in [1.82, 2.24) is 4.72 Å². The van der Waals surface area contributed by atoms with Crippen molar-refractivity contribution < 1.29 is 27.5 Å². The second-order valence-electron chi connectivity index (χ2n) is 6.96. The molecule has 0 unspecified atom stereocenters. The van der Waals surface area contributed by atoms with E-state index in [9.17, 15) is 22.8 Å². The van der Waals surface area contributed by atoms with Gasteiger partial charge in [-0.3, -0.25) is 24.1 Å². The smallest absolute Gasteiger partial charge is 0.308 e. The summed E-state index contributed by atoms with van der Waals surface area (Å²) in [6.07, 6.45) is -1.17. The van der Waals surface area contributed by atoms with Gasteiger partial charge in [-0.1, -0.05) is 12.1 Å². The van der Waals surface area contributed by atoms with Gasteiger partial charge in [-0.05, 0) is 43.3 Å². The maximum Gasteiger partial charge on any atom is 0.308 e. The van der Waals surface area contributed by atoms with Crippen LogP contribution in [0.4, 0.5) is 11.4 Å². The lowest BCUT2D eigenvalue weighted by Crippen LogP contribution is -2.30. The molecule has 0 radical (unpaired) electrons. The summed E-state index contributed by atoms with van der Waals surface area (Å²) in [6.45, 7) is 2.82. The summed E-state index contributed by atoms with van der Waals surface area (Å²) in [6, 6.07) is 12.9. The minimum Gasteiger partial charge on any atom is -0.452 e. The molecule has 0 aliphatic carbocycles. The van der Waals surface area contributed by atoms with E-state index in [2.05, 4.69) is 20.3 Å². The SMILES string of the molecule is CC(=O)Nc1ccc(NC(=O)[C@@H](C)OC(=O)CCN=C2NS(=O)(=O)c3ccccc32)cc1. The van der Waals surface area contributed by atoms with Crippen LogP contribution in [0, 0.1) is 0 Å². The van der Waals surface area contributed by atoms with Crippen molar-refractivity contribution in [3.8, 4) is 0 Å². The molecule has 2 aromatic rings. The first kappa shape index (κ1) is 22.9. The van der Waals surface area contributed by atoms with Crippen molar-refractivity contribution in [2.45, 2.75) is 31.3 Å². The van der Waals surface area contributed by atoms with Gasteiger partial charge in [0.2, 0.25) is 5.91 Å². The Morgan fingerprint density at radius 1 is 1.03 bits per heavy atom. The number of esters is 1. The van der Waals surface area contributed by atoms with Crippen LogP contribution >= 0.6 is 0 Å². The van der Waals surface area contributed by atoms with Crippen LogP contribution in [0.25, 0.3) is 0 Å².